The van der Waals surface area contributed by atoms with Gasteiger partial charge in [-0.1, -0.05) is 24.3 Å². The molecule has 2 fully saturated rings. The number of nitrogens with zero attached hydrogens (tertiary/aromatic N) is 2. The summed E-state index contributed by atoms with van der Waals surface area (Å²) in [7, 11) is -3.79. The van der Waals surface area contributed by atoms with E-state index in [1.165, 1.54) is 22.5 Å². The molecule has 0 bridgehead atoms. The highest BCUT2D eigenvalue weighted by Crippen LogP contribution is 2.39. The third kappa shape index (κ3) is 5.94. The first-order chi connectivity index (χ1) is 17.3. The Morgan fingerprint density at radius 2 is 1.78 bits per heavy atom. The topological polar surface area (TPSA) is 82.1 Å². The van der Waals surface area contributed by atoms with E-state index in [0.717, 1.165) is 6.92 Å². The average Bonchev–Trinajstić information content (AvgIpc) is 2.81. The van der Waals surface area contributed by atoms with Crippen LogP contribution in [0.5, 0.6) is 0 Å². The maximum absolute atomic E-state index is 13.5. The molecular weight excluding hydrogens is 527 g/mol. The summed E-state index contributed by atoms with van der Waals surface area (Å²) in [6.45, 7) is 4.77. The predicted molar refractivity (Wildman–Crippen MR) is 137 cm³/mol. The van der Waals surface area contributed by atoms with Crippen LogP contribution >= 0.6 is 12.6 Å². The van der Waals surface area contributed by atoms with Crippen molar-refractivity contribution in [1.82, 2.24) is 9.62 Å². The normalized spacial score (nSPS) is 22.4. The van der Waals surface area contributed by atoms with Crippen LogP contribution in [0.1, 0.15) is 25.8 Å². The molecule has 0 unspecified atom stereocenters. The number of nitrogens with one attached hydrogen (secondary N) is 1. The van der Waals surface area contributed by atoms with Crippen LogP contribution in [-0.4, -0.2) is 75.0 Å². The second-order valence-electron chi connectivity index (χ2n) is 9.83. The first kappa shape index (κ1) is 28.2. The predicted octanol–water partition coefficient (Wildman–Crippen LogP) is 3.39. The lowest BCUT2D eigenvalue weighted by Gasteiger charge is -2.44. The van der Waals surface area contributed by atoms with Crippen molar-refractivity contribution < 1.29 is 31.4 Å². The monoisotopic (exact) mass is 559 g/mol. The van der Waals surface area contributed by atoms with Crippen molar-refractivity contribution in [2.75, 3.05) is 37.7 Å². The van der Waals surface area contributed by atoms with Crippen LogP contribution in [0.25, 0.3) is 0 Å². The van der Waals surface area contributed by atoms with Crippen LogP contribution in [-0.2, 0) is 20.4 Å². The van der Waals surface area contributed by atoms with Gasteiger partial charge in [-0.3, -0.25) is 0 Å². The van der Waals surface area contributed by atoms with Gasteiger partial charge in [0.2, 0.25) is 10.0 Å². The van der Waals surface area contributed by atoms with Gasteiger partial charge in [-0.25, -0.2) is 8.42 Å². The van der Waals surface area contributed by atoms with Gasteiger partial charge in [-0.2, -0.15) is 17.5 Å². The van der Waals surface area contributed by atoms with Crippen LogP contribution in [0.4, 0.5) is 18.9 Å². The standard InChI is InChI=1S/C25H32F3N3O4S2/c1-17(29-19-15-35-16-19)13-21-14-30(37(33,34)23-6-4-3-5-22(23)36)11-12-31(21)20-9-7-18(8-10-20)24(2,32)25(26,27)28/h3-10,17,19,21,29,32,36H,11-16H2,1-2H3/t17-,21-,24-/m0/s1. The molecule has 0 aliphatic carbocycles. The van der Waals surface area contributed by atoms with E-state index >= 15 is 0 Å². The molecule has 3 atom stereocenters. The first-order valence-corrected chi connectivity index (χ1v) is 14.0. The second-order valence-corrected chi connectivity index (χ2v) is 12.2. The summed E-state index contributed by atoms with van der Waals surface area (Å²) in [6, 6.07) is 12.2. The Bertz CT molecular complexity index is 1190. The number of benzene rings is 2. The summed E-state index contributed by atoms with van der Waals surface area (Å²) >= 11 is 4.33. The Morgan fingerprint density at radius 3 is 2.35 bits per heavy atom. The number of hydrogen-bond acceptors (Lipinski definition) is 7. The summed E-state index contributed by atoms with van der Waals surface area (Å²) in [5.41, 5.74) is -2.56. The minimum atomic E-state index is -4.81. The first-order valence-electron chi connectivity index (χ1n) is 12.1. The molecule has 0 aromatic heterocycles. The molecule has 2 aromatic rings. The number of rotatable bonds is 8. The lowest BCUT2D eigenvalue weighted by atomic mass is 9.94. The van der Waals surface area contributed by atoms with E-state index < -0.39 is 21.8 Å². The van der Waals surface area contributed by atoms with Gasteiger partial charge >= 0.3 is 6.18 Å². The molecule has 2 aliphatic rings. The third-order valence-electron chi connectivity index (χ3n) is 7.03. The quantitative estimate of drug-likeness (QED) is 0.431. The van der Waals surface area contributed by atoms with Gasteiger partial charge < -0.3 is 20.1 Å². The number of piperazine rings is 1. The van der Waals surface area contributed by atoms with Crippen LogP contribution in [0.15, 0.2) is 58.3 Å². The van der Waals surface area contributed by atoms with E-state index in [9.17, 15) is 26.7 Å². The van der Waals surface area contributed by atoms with Crippen molar-refractivity contribution in [3.8, 4) is 0 Å². The zero-order valence-electron chi connectivity index (χ0n) is 20.6. The number of ether oxygens (including phenoxy) is 1. The van der Waals surface area contributed by atoms with Gasteiger partial charge in [0.25, 0.3) is 0 Å². The molecule has 7 nitrogen and oxygen atoms in total. The maximum atomic E-state index is 13.5. The number of anilines is 1. The summed E-state index contributed by atoms with van der Waals surface area (Å²) in [6.07, 6.45) is -4.21. The maximum Gasteiger partial charge on any atom is 0.421 e. The third-order valence-corrected chi connectivity index (χ3v) is 9.49. The number of hydrogen-bond donors (Lipinski definition) is 3. The molecule has 2 saturated heterocycles. The second kappa shape index (κ2) is 10.7. The van der Waals surface area contributed by atoms with E-state index in [1.807, 2.05) is 11.8 Å². The van der Waals surface area contributed by atoms with Crippen LogP contribution in [0, 0.1) is 0 Å². The SMILES string of the molecule is C[C@@H](C[C@H]1CN(S(=O)(=O)c2ccccc2S)CCN1c1ccc([C@](C)(O)C(F)(F)F)cc1)NC1COC1. The Balaban J connectivity index is 1.58. The molecule has 0 spiro atoms. The van der Waals surface area contributed by atoms with Crippen LogP contribution in [0.3, 0.4) is 0 Å². The van der Waals surface area contributed by atoms with Gasteiger partial charge in [0.05, 0.1) is 24.2 Å². The Kier molecular flexibility index (Phi) is 8.18. The Morgan fingerprint density at radius 1 is 1.14 bits per heavy atom. The lowest BCUT2D eigenvalue weighted by Crippen LogP contribution is -2.57. The zero-order chi connectivity index (χ0) is 27.0. The van der Waals surface area contributed by atoms with Gasteiger partial charge in [0, 0.05) is 42.3 Å². The molecule has 204 valence electrons. The largest absolute Gasteiger partial charge is 0.421 e. The minimum Gasteiger partial charge on any atom is -0.378 e. The fourth-order valence-electron chi connectivity index (χ4n) is 4.75. The Hall–Kier alpha value is -1.83. The van der Waals surface area contributed by atoms with Crippen molar-refractivity contribution in [3.63, 3.8) is 0 Å². The number of sulfonamides is 1. The van der Waals surface area contributed by atoms with Crippen molar-refractivity contribution in [2.45, 2.75) is 60.0 Å². The summed E-state index contributed by atoms with van der Waals surface area (Å²) in [5, 5.41) is 13.5. The van der Waals surface area contributed by atoms with E-state index in [0.29, 0.717) is 36.8 Å². The molecule has 37 heavy (non-hydrogen) atoms. The van der Waals surface area contributed by atoms with E-state index in [4.69, 9.17) is 4.74 Å². The highest BCUT2D eigenvalue weighted by molar-refractivity contribution is 7.90. The van der Waals surface area contributed by atoms with Crippen molar-refractivity contribution >= 4 is 28.3 Å². The lowest BCUT2D eigenvalue weighted by molar-refractivity contribution is -0.258. The molecule has 0 saturated carbocycles. The van der Waals surface area contributed by atoms with Crippen LogP contribution in [0.2, 0.25) is 0 Å². The number of thiol groups is 1. The molecular formula is C25H32F3N3O4S2. The van der Waals surface area contributed by atoms with Gasteiger partial charge in [0.15, 0.2) is 5.60 Å². The average molecular weight is 560 g/mol. The van der Waals surface area contributed by atoms with E-state index in [2.05, 4.69) is 17.9 Å². The number of halogens is 3. The summed E-state index contributed by atoms with van der Waals surface area (Å²) in [5.74, 6) is 0. The molecule has 2 aromatic carbocycles. The molecule has 2 N–H and O–H groups in total. The van der Waals surface area contributed by atoms with Crippen molar-refractivity contribution in [2.24, 2.45) is 0 Å². The highest BCUT2D eigenvalue weighted by atomic mass is 32.2. The summed E-state index contributed by atoms with van der Waals surface area (Å²) in [4.78, 5) is 2.54. The zero-order valence-corrected chi connectivity index (χ0v) is 22.4. The van der Waals surface area contributed by atoms with Gasteiger partial charge in [-0.15, -0.1) is 12.6 Å². The van der Waals surface area contributed by atoms with E-state index in [-0.39, 0.29) is 41.7 Å². The van der Waals surface area contributed by atoms with Crippen LogP contribution < -0.4 is 10.2 Å². The van der Waals surface area contributed by atoms with Crippen molar-refractivity contribution in [3.05, 3.63) is 54.1 Å². The molecule has 2 aliphatic heterocycles. The molecule has 0 radical (unpaired) electrons. The fourth-order valence-corrected chi connectivity index (χ4v) is 6.81. The fraction of sp³-hybridized carbons (Fsp3) is 0.520. The number of aliphatic hydroxyl groups is 1. The number of alkyl halides is 3. The van der Waals surface area contributed by atoms with Gasteiger partial charge in [-0.05, 0) is 50.1 Å². The molecule has 12 heteroatoms. The molecule has 0 amide bonds. The molecule has 4 rings (SSSR count). The van der Waals surface area contributed by atoms with E-state index in [1.54, 1.807) is 30.3 Å². The van der Waals surface area contributed by atoms with Crippen molar-refractivity contribution in [1.29, 1.82) is 0 Å². The smallest absolute Gasteiger partial charge is 0.378 e. The molecule has 2 heterocycles. The summed E-state index contributed by atoms with van der Waals surface area (Å²) < 4.78 is 73.5. The highest BCUT2D eigenvalue weighted by Gasteiger charge is 2.51. The minimum absolute atomic E-state index is 0.0476. The van der Waals surface area contributed by atoms with Gasteiger partial charge in [0.1, 0.15) is 0 Å². The Labute approximate surface area is 221 Å².